The molecule has 1 heterocycles. The number of nitrogens with zero attached hydrogens (tertiary/aromatic N) is 2. The Labute approximate surface area is 171 Å². The summed E-state index contributed by atoms with van der Waals surface area (Å²) in [5.74, 6) is -0.791. The predicted octanol–water partition coefficient (Wildman–Crippen LogP) is 3.02. The molecular weight excluding hydrogens is 388 g/mol. The van der Waals surface area contributed by atoms with Crippen LogP contribution in [-0.4, -0.2) is 21.3 Å². The number of anilines is 2. The van der Waals surface area contributed by atoms with E-state index in [1.165, 1.54) is 35.9 Å². The van der Waals surface area contributed by atoms with Crippen LogP contribution < -0.4 is 16.2 Å². The number of nitrogens with one attached hydrogen (secondary N) is 2. The van der Waals surface area contributed by atoms with Crippen molar-refractivity contribution in [3.05, 3.63) is 98.5 Å². The summed E-state index contributed by atoms with van der Waals surface area (Å²) in [5.41, 5.74) is 0.960. The monoisotopic (exact) mass is 406 g/mol. The summed E-state index contributed by atoms with van der Waals surface area (Å²) in [6.45, 7) is 1.48. The van der Waals surface area contributed by atoms with Crippen LogP contribution in [0.25, 0.3) is 0 Å². The van der Waals surface area contributed by atoms with Crippen LogP contribution in [0.3, 0.4) is 0 Å². The molecule has 0 atom stereocenters. The lowest BCUT2D eigenvalue weighted by molar-refractivity contribution is -0.384. The van der Waals surface area contributed by atoms with Gasteiger partial charge in [-0.1, -0.05) is 12.1 Å². The van der Waals surface area contributed by atoms with Crippen molar-refractivity contribution in [3.8, 4) is 0 Å². The lowest BCUT2D eigenvalue weighted by Crippen LogP contribution is -2.29. The van der Waals surface area contributed by atoms with E-state index >= 15 is 0 Å². The molecule has 2 N–H and O–H groups in total. The average molecular weight is 406 g/mol. The Morgan fingerprint density at radius 1 is 1.00 bits per heavy atom. The van der Waals surface area contributed by atoms with Crippen molar-refractivity contribution < 1.29 is 14.5 Å². The third-order valence-corrected chi connectivity index (χ3v) is 4.20. The van der Waals surface area contributed by atoms with Gasteiger partial charge in [0.2, 0.25) is 5.91 Å². The zero-order valence-corrected chi connectivity index (χ0v) is 16.0. The average Bonchev–Trinajstić information content (AvgIpc) is 2.71. The Hall–Kier alpha value is -4.27. The number of hydrogen-bond donors (Lipinski definition) is 2. The smallest absolute Gasteiger partial charge is 0.269 e. The third kappa shape index (κ3) is 4.96. The van der Waals surface area contributed by atoms with Gasteiger partial charge in [-0.25, -0.2) is 0 Å². The van der Waals surface area contributed by atoms with Crippen molar-refractivity contribution >= 4 is 28.9 Å². The summed E-state index contributed by atoms with van der Waals surface area (Å²) in [7, 11) is 0. The molecule has 2 amide bonds. The molecule has 0 radical (unpaired) electrons. The summed E-state index contributed by atoms with van der Waals surface area (Å²) in [4.78, 5) is 46.8. The van der Waals surface area contributed by atoms with Crippen LogP contribution in [0.1, 0.15) is 22.8 Å². The highest BCUT2D eigenvalue weighted by atomic mass is 16.6. The number of pyridine rings is 1. The van der Waals surface area contributed by atoms with Crippen LogP contribution in [-0.2, 0) is 11.3 Å². The number of amides is 2. The lowest BCUT2D eigenvalue weighted by atomic mass is 10.2. The molecule has 0 bridgehead atoms. The SMILES string of the molecule is CC(=O)Nc1ccc(NC(=O)c2cccn(Cc3cccc([N+](=O)[O-])c3)c2=O)cc1. The van der Waals surface area contributed by atoms with Gasteiger partial charge in [0, 0.05) is 36.6 Å². The predicted molar refractivity (Wildman–Crippen MR) is 112 cm³/mol. The van der Waals surface area contributed by atoms with E-state index < -0.39 is 16.4 Å². The molecule has 0 aliphatic carbocycles. The molecular formula is C21H18N4O5. The molecule has 152 valence electrons. The molecule has 0 aliphatic heterocycles. The van der Waals surface area contributed by atoms with Gasteiger partial charge < -0.3 is 15.2 Å². The van der Waals surface area contributed by atoms with Crippen molar-refractivity contribution in [1.29, 1.82) is 0 Å². The second-order valence-corrected chi connectivity index (χ2v) is 6.49. The highest BCUT2D eigenvalue weighted by molar-refractivity contribution is 6.04. The molecule has 0 saturated heterocycles. The van der Waals surface area contributed by atoms with Gasteiger partial charge >= 0.3 is 0 Å². The standard InChI is InChI=1S/C21H18N4O5/c1-14(26)22-16-7-9-17(10-8-16)23-20(27)19-6-3-11-24(21(19)28)13-15-4-2-5-18(12-15)25(29)30/h2-12H,13H2,1H3,(H,22,26)(H,23,27). The molecule has 3 aromatic rings. The molecule has 9 heteroatoms. The molecule has 2 aromatic carbocycles. The van der Waals surface area contributed by atoms with Gasteiger partial charge in [0.15, 0.2) is 0 Å². The molecule has 30 heavy (non-hydrogen) atoms. The normalized spacial score (nSPS) is 10.3. The Morgan fingerprint density at radius 3 is 2.30 bits per heavy atom. The number of carbonyl (C=O) groups is 2. The number of nitro groups is 1. The maximum Gasteiger partial charge on any atom is 0.269 e. The number of carbonyl (C=O) groups excluding carboxylic acids is 2. The fraction of sp³-hybridized carbons (Fsp3) is 0.0952. The van der Waals surface area contributed by atoms with Crippen LogP contribution in [0, 0.1) is 10.1 Å². The largest absolute Gasteiger partial charge is 0.326 e. The fourth-order valence-corrected chi connectivity index (χ4v) is 2.84. The quantitative estimate of drug-likeness (QED) is 0.481. The Balaban J connectivity index is 1.78. The lowest BCUT2D eigenvalue weighted by Gasteiger charge is -2.10. The maximum absolute atomic E-state index is 12.7. The fourth-order valence-electron chi connectivity index (χ4n) is 2.84. The Bertz CT molecular complexity index is 1170. The summed E-state index contributed by atoms with van der Waals surface area (Å²) >= 11 is 0. The first-order valence-corrected chi connectivity index (χ1v) is 8.95. The van der Waals surface area contributed by atoms with Gasteiger partial charge in [0.25, 0.3) is 17.2 Å². The zero-order chi connectivity index (χ0) is 21.7. The van der Waals surface area contributed by atoms with Crippen molar-refractivity contribution in [2.75, 3.05) is 10.6 Å². The summed E-state index contributed by atoms with van der Waals surface area (Å²) < 4.78 is 1.31. The van der Waals surface area contributed by atoms with Gasteiger partial charge in [-0.05, 0) is 42.0 Å². The molecule has 3 rings (SSSR count). The Morgan fingerprint density at radius 2 is 1.67 bits per heavy atom. The van der Waals surface area contributed by atoms with E-state index in [1.807, 2.05) is 0 Å². The molecule has 0 unspecified atom stereocenters. The van der Waals surface area contributed by atoms with E-state index in [0.29, 0.717) is 16.9 Å². The van der Waals surface area contributed by atoms with E-state index in [1.54, 1.807) is 42.5 Å². The Kier molecular flexibility index (Phi) is 6.02. The van der Waals surface area contributed by atoms with E-state index in [4.69, 9.17) is 0 Å². The van der Waals surface area contributed by atoms with Gasteiger partial charge in [0.05, 0.1) is 11.5 Å². The van der Waals surface area contributed by atoms with Crippen molar-refractivity contribution in [2.24, 2.45) is 0 Å². The topological polar surface area (TPSA) is 123 Å². The van der Waals surface area contributed by atoms with Crippen LogP contribution in [0.4, 0.5) is 17.1 Å². The second-order valence-electron chi connectivity index (χ2n) is 6.49. The number of benzene rings is 2. The highest BCUT2D eigenvalue weighted by Gasteiger charge is 2.13. The van der Waals surface area contributed by atoms with Gasteiger partial charge in [-0.15, -0.1) is 0 Å². The first kappa shape index (κ1) is 20.5. The zero-order valence-electron chi connectivity index (χ0n) is 16.0. The first-order valence-electron chi connectivity index (χ1n) is 8.95. The summed E-state index contributed by atoms with van der Waals surface area (Å²) in [5, 5.41) is 16.2. The van der Waals surface area contributed by atoms with Crippen LogP contribution in [0.2, 0.25) is 0 Å². The van der Waals surface area contributed by atoms with Crippen LogP contribution in [0.15, 0.2) is 71.7 Å². The minimum Gasteiger partial charge on any atom is -0.326 e. The number of nitro benzene ring substituents is 1. The number of non-ortho nitro benzene ring substituents is 1. The van der Waals surface area contributed by atoms with Crippen LogP contribution in [0.5, 0.6) is 0 Å². The minimum atomic E-state index is -0.583. The van der Waals surface area contributed by atoms with Crippen molar-refractivity contribution in [2.45, 2.75) is 13.5 Å². The molecule has 9 nitrogen and oxygen atoms in total. The summed E-state index contributed by atoms with van der Waals surface area (Å²) in [6, 6.07) is 15.4. The van der Waals surface area contributed by atoms with Crippen molar-refractivity contribution in [1.82, 2.24) is 4.57 Å². The summed E-state index contributed by atoms with van der Waals surface area (Å²) in [6.07, 6.45) is 1.51. The number of aromatic nitrogens is 1. The number of hydrogen-bond acceptors (Lipinski definition) is 5. The molecule has 1 aromatic heterocycles. The molecule has 0 spiro atoms. The number of rotatable bonds is 6. The van der Waals surface area contributed by atoms with Gasteiger partial charge in [0.1, 0.15) is 5.56 Å². The van der Waals surface area contributed by atoms with E-state index in [2.05, 4.69) is 10.6 Å². The van der Waals surface area contributed by atoms with Gasteiger partial charge in [-0.3, -0.25) is 24.5 Å². The van der Waals surface area contributed by atoms with Crippen LogP contribution >= 0.6 is 0 Å². The molecule has 0 saturated carbocycles. The van der Waals surface area contributed by atoms with Gasteiger partial charge in [-0.2, -0.15) is 0 Å². The third-order valence-electron chi connectivity index (χ3n) is 4.20. The van der Waals surface area contributed by atoms with E-state index in [0.717, 1.165) is 0 Å². The van der Waals surface area contributed by atoms with Crippen molar-refractivity contribution in [3.63, 3.8) is 0 Å². The molecule has 0 fully saturated rings. The van der Waals surface area contributed by atoms with E-state index in [-0.39, 0.29) is 23.7 Å². The first-order chi connectivity index (χ1) is 14.3. The maximum atomic E-state index is 12.7. The highest BCUT2D eigenvalue weighted by Crippen LogP contribution is 2.15. The molecule has 0 aliphatic rings. The minimum absolute atomic E-state index is 0.0612. The second kappa shape index (κ2) is 8.82. The van der Waals surface area contributed by atoms with E-state index in [9.17, 15) is 24.5 Å².